The summed E-state index contributed by atoms with van der Waals surface area (Å²) in [6.07, 6.45) is 2.56. The average molecular weight is 502 g/mol. The van der Waals surface area contributed by atoms with Gasteiger partial charge in [0.25, 0.3) is 0 Å². The minimum absolute atomic E-state index is 0.190. The van der Waals surface area contributed by atoms with Gasteiger partial charge in [0.15, 0.2) is 0 Å². The number of nitrogens with zero attached hydrogens (tertiary/aromatic N) is 3. The highest BCUT2D eigenvalue weighted by atomic mass is 16.4. The Morgan fingerprint density at radius 1 is 1.14 bits per heavy atom. The van der Waals surface area contributed by atoms with Crippen LogP contribution in [0.5, 0.6) is 0 Å². The fourth-order valence-electron chi connectivity index (χ4n) is 4.79. The van der Waals surface area contributed by atoms with Crippen molar-refractivity contribution in [1.29, 1.82) is 5.26 Å². The minimum atomic E-state index is -0.927. The zero-order valence-electron chi connectivity index (χ0n) is 21.8. The Morgan fingerprint density at radius 2 is 1.81 bits per heavy atom. The molecule has 194 valence electrons. The highest BCUT2D eigenvalue weighted by Crippen LogP contribution is 2.27. The van der Waals surface area contributed by atoms with Gasteiger partial charge in [-0.05, 0) is 48.8 Å². The molecule has 1 unspecified atom stereocenters. The zero-order valence-corrected chi connectivity index (χ0v) is 21.8. The summed E-state index contributed by atoms with van der Waals surface area (Å²) < 4.78 is 5.20. The topological polar surface area (TPSA) is 111 Å². The second-order valence-corrected chi connectivity index (χ2v) is 11.0. The first-order valence-corrected chi connectivity index (χ1v) is 12.8. The monoisotopic (exact) mass is 501 g/mol. The molecule has 3 aromatic rings. The quantitative estimate of drug-likeness (QED) is 0.478. The highest BCUT2D eigenvalue weighted by Gasteiger charge is 2.38. The van der Waals surface area contributed by atoms with E-state index in [0.717, 1.165) is 26.1 Å². The van der Waals surface area contributed by atoms with Gasteiger partial charge in [0, 0.05) is 19.6 Å². The Hall–Kier alpha value is -3.70. The molecular formula is C29H35N5O3. The van der Waals surface area contributed by atoms with Crippen molar-refractivity contribution < 1.29 is 9.21 Å². The van der Waals surface area contributed by atoms with Crippen LogP contribution in [-0.2, 0) is 11.2 Å². The molecule has 4 rings (SSSR count). The van der Waals surface area contributed by atoms with Crippen molar-refractivity contribution in [2.45, 2.75) is 58.0 Å². The molecule has 0 bridgehead atoms. The maximum Gasteiger partial charge on any atom is 0.441 e. The van der Waals surface area contributed by atoms with Crippen molar-refractivity contribution in [3.63, 3.8) is 0 Å². The third-order valence-corrected chi connectivity index (χ3v) is 6.83. The highest BCUT2D eigenvalue weighted by molar-refractivity contribution is 5.91. The second-order valence-electron chi connectivity index (χ2n) is 11.0. The number of benzene rings is 2. The van der Waals surface area contributed by atoms with E-state index in [1.807, 2.05) is 45.0 Å². The van der Waals surface area contributed by atoms with Gasteiger partial charge >= 0.3 is 5.76 Å². The van der Waals surface area contributed by atoms with Crippen LogP contribution in [0.3, 0.4) is 0 Å². The van der Waals surface area contributed by atoms with E-state index in [2.05, 4.69) is 38.7 Å². The third-order valence-electron chi connectivity index (χ3n) is 6.83. The Morgan fingerprint density at radius 3 is 2.49 bits per heavy atom. The molecule has 8 heteroatoms. The number of rotatable bonds is 8. The van der Waals surface area contributed by atoms with Gasteiger partial charge in [0.1, 0.15) is 23.0 Å². The smallest absolute Gasteiger partial charge is 0.408 e. The fourth-order valence-corrected chi connectivity index (χ4v) is 4.79. The van der Waals surface area contributed by atoms with Crippen molar-refractivity contribution >= 4 is 22.7 Å². The molecule has 2 heterocycles. The van der Waals surface area contributed by atoms with Crippen molar-refractivity contribution in [2.24, 2.45) is 5.41 Å². The van der Waals surface area contributed by atoms with E-state index in [9.17, 15) is 14.9 Å². The van der Waals surface area contributed by atoms with Crippen LogP contribution >= 0.6 is 0 Å². The van der Waals surface area contributed by atoms with Gasteiger partial charge < -0.3 is 20.0 Å². The van der Waals surface area contributed by atoms with Crippen molar-refractivity contribution in [1.82, 2.24) is 15.2 Å². The van der Waals surface area contributed by atoms with Gasteiger partial charge in [-0.2, -0.15) is 10.2 Å². The van der Waals surface area contributed by atoms with Crippen molar-refractivity contribution in [2.75, 3.05) is 25.0 Å². The molecule has 37 heavy (non-hydrogen) atoms. The van der Waals surface area contributed by atoms with E-state index >= 15 is 0 Å². The van der Waals surface area contributed by atoms with Gasteiger partial charge in [-0.3, -0.25) is 4.79 Å². The predicted molar refractivity (Wildman–Crippen MR) is 144 cm³/mol. The van der Waals surface area contributed by atoms with Crippen LogP contribution in [0.15, 0.2) is 63.8 Å². The maximum absolute atomic E-state index is 13.6. The summed E-state index contributed by atoms with van der Waals surface area (Å²) in [6.45, 7) is 8.54. The number of aromatic nitrogens is 1. The number of piperidine rings is 1. The normalized spacial score (nSPS) is 16.6. The van der Waals surface area contributed by atoms with E-state index in [4.69, 9.17) is 4.42 Å². The van der Waals surface area contributed by atoms with Gasteiger partial charge in [-0.1, -0.05) is 63.2 Å². The first-order chi connectivity index (χ1) is 17.7. The molecule has 0 spiro atoms. The van der Waals surface area contributed by atoms with Crippen LogP contribution in [0.1, 0.15) is 45.6 Å². The summed E-state index contributed by atoms with van der Waals surface area (Å²) in [5.41, 5.74) is 0.574. The van der Waals surface area contributed by atoms with Crippen molar-refractivity contribution in [3.8, 4) is 6.07 Å². The second kappa shape index (κ2) is 11.1. The summed E-state index contributed by atoms with van der Waals surface area (Å²) in [5.74, 6) is -0.696. The van der Waals surface area contributed by atoms with Crippen LogP contribution in [-0.4, -0.2) is 47.0 Å². The Balaban J connectivity index is 1.46. The number of nitrogens with one attached hydrogen (secondary N) is 2. The van der Waals surface area contributed by atoms with Crippen LogP contribution < -0.4 is 16.4 Å². The molecule has 1 aliphatic rings. The zero-order chi connectivity index (χ0) is 26.5. The Kier molecular flexibility index (Phi) is 7.94. The van der Waals surface area contributed by atoms with Gasteiger partial charge in [-0.25, -0.2) is 4.79 Å². The van der Waals surface area contributed by atoms with E-state index in [-0.39, 0.29) is 11.3 Å². The number of hydrogen-bond donors (Lipinski definition) is 2. The maximum atomic E-state index is 13.6. The summed E-state index contributed by atoms with van der Waals surface area (Å²) in [5, 5.41) is 17.0. The molecule has 1 fully saturated rings. The Labute approximate surface area is 217 Å². The number of amides is 1. The molecular weight excluding hydrogens is 466 g/mol. The Bertz CT molecular complexity index is 1320. The van der Waals surface area contributed by atoms with Crippen molar-refractivity contribution in [3.05, 3.63) is 70.7 Å². The van der Waals surface area contributed by atoms with E-state index < -0.39 is 17.3 Å². The lowest BCUT2D eigenvalue weighted by atomic mass is 9.85. The number of hydrogen-bond acceptors (Lipinski definition) is 7. The van der Waals surface area contributed by atoms with Gasteiger partial charge in [0.05, 0.1) is 11.5 Å². The first-order valence-electron chi connectivity index (χ1n) is 12.8. The van der Waals surface area contributed by atoms with E-state index in [0.29, 0.717) is 36.0 Å². The summed E-state index contributed by atoms with van der Waals surface area (Å²) in [4.78, 5) is 32.0. The standard InChI is InChI=1S/C29H35N5O3/c1-28(2,3)19-23(31-25-22-11-7-8-12-24(22)37-27(36)32-25)26(35)33-29(20-30)14-17-34(18-15-29)16-13-21-9-5-4-6-10-21/h4-12,23H,13-19H2,1-3H3,(H,33,35)(H,31,32,36). The van der Waals surface area contributed by atoms with Gasteiger partial charge in [-0.15, -0.1) is 0 Å². The molecule has 2 N–H and O–H groups in total. The lowest BCUT2D eigenvalue weighted by Crippen LogP contribution is -2.58. The predicted octanol–water partition coefficient (Wildman–Crippen LogP) is 4.12. The third kappa shape index (κ3) is 6.95. The molecule has 1 atom stereocenters. The number of nitriles is 1. The molecule has 0 radical (unpaired) electrons. The number of fused-ring (bicyclic) bond motifs is 1. The summed E-state index contributed by atoms with van der Waals surface area (Å²) in [6, 6.07) is 19.2. The van der Waals surface area contributed by atoms with E-state index in [1.165, 1.54) is 5.56 Å². The largest absolute Gasteiger partial charge is 0.441 e. The number of likely N-dealkylation sites (tertiary alicyclic amines) is 1. The fraction of sp³-hybridized carbons (Fsp3) is 0.448. The molecule has 0 aliphatic carbocycles. The minimum Gasteiger partial charge on any atom is -0.408 e. The molecule has 1 aromatic heterocycles. The van der Waals surface area contributed by atoms with E-state index in [1.54, 1.807) is 18.2 Å². The average Bonchev–Trinajstić information content (AvgIpc) is 2.87. The van der Waals surface area contributed by atoms with Crippen LogP contribution in [0.4, 0.5) is 5.82 Å². The molecule has 8 nitrogen and oxygen atoms in total. The SMILES string of the molecule is CC(C)(C)CC(Nc1nc(=O)oc2ccccc12)C(=O)NC1(C#N)CCN(CCc2ccccc2)CC1. The lowest BCUT2D eigenvalue weighted by molar-refractivity contribution is -0.124. The molecule has 1 aliphatic heterocycles. The number of carbonyl (C=O) groups is 1. The number of anilines is 1. The molecule has 2 aromatic carbocycles. The van der Waals surface area contributed by atoms with Crippen LogP contribution in [0.2, 0.25) is 0 Å². The molecule has 1 saturated heterocycles. The lowest BCUT2D eigenvalue weighted by Gasteiger charge is -2.39. The number of para-hydroxylation sites is 1. The summed E-state index contributed by atoms with van der Waals surface area (Å²) >= 11 is 0. The first kappa shape index (κ1) is 26.4. The molecule has 1 amide bonds. The van der Waals surface area contributed by atoms with Crippen LogP contribution in [0.25, 0.3) is 11.0 Å². The van der Waals surface area contributed by atoms with Gasteiger partial charge in [0.2, 0.25) is 5.91 Å². The summed E-state index contributed by atoms with van der Waals surface area (Å²) in [7, 11) is 0. The van der Waals surface area contributed by atoms with Crippen LogP contribution in [0, 0.1) is 16.7 Å². The number of carbonyl (C=O) groups excluding carboxylic acids is 1. The molecule has 0 saturated carbocycles.